The average Bonchev–Trinajstić information content (AvgIpc) is 2.43. The standard InChI is InChI=1S/C14H9Cl2NO3/c15-10-6-14(11(16)5-12(10)18)19-7-9-3-1-2-4-13(9)20-8-17/h1-6,18H,7H2. The maximum atomic E-state index is 9.40. The van der Waals surface area contributed by atoms with Crippen molar-refractivity contribution in [3.63, 3.8) is 0 Å². The number of rotatable bonds is 4. The normalized spacial score (nSPS) is 9.85. The first kappa shape index (κ1) is 14.3. The van der Waals surface area contributed by atoms with Crippen LogP contribution in [-0.4, -0.2) is 5.11 Å². The summed E-state index contributed by atoms with van der Waals surface area (Å²) >= 11 is 11.7. The molecular formula is C14H9Cl2NO3. The molecule has 0 heterocycles. The lowest BCUT2D eigenvalue weighted by atomic mass is 10.2. The molecule has 102 valence electrons. The van der Waals surface area contributed by atoms with E-state index < -0.39 is 0 Å². The molecule has 0 radical (unpaired) electrons. The number of para-hydroxylation sites is 1. The molecule has 4 nitrogen and oxygen atoms in total. The molecule has 2 aromatic rings. The highest BCUT2D eigenvalue weighted by atomic mass is 35.5. The summed E-state index contributed by atoms with van der Waals surface area (Å²) in [7, 11) is 0. The number of ether oxygens (including phenoxy) is 2. The van der Waals surface area contributed by atoms with Crippen LogP contribution in [-0.2, 0) is 6.61 Å². The minimum atomic E-state index is -0.114. The Hall–Kier alpha value is -2.09. The van der Waals surface area contributed by atoms with Crippen molar-refractivity contribution in [2.24, 2.45) is 0 Å². The van der Waals surface area contributed by atoms with Crippen molar-refractivity contribution in [2.45, 2.75) is 6.61 Å². The van der Waals surface area contributed by atoms with E-state index in [1.807, 2.05) is 0 Å². The van der Waals surface area contributed by atoms with E-state index in [1.54, 1.807) is 30.5 Å². The topological polar surface area (TPSA) is 62.5 Å². The van der Waals surface area contributed by atoms with Crippen LogP contribution in [0.2, 0.25) is 10.0 Å². The highest BCUT2D eigenvalue weighted by Crippen LogP contribution is 2.35. The van der Waals surface area contributed by atoms with Gasteiger partial charge in [0.1, 0.15) is 23.9 Å². The highest BCUT2D eigenvalue weighted by molar-refractivity contribution is 6.35. The number of nitrogens with zero attached hydrogens (tertiary/aromatic N) is 1. The van der Waals surface area contributed by atoms with E-state index in [2.05, 4.69) is 0 Å². The Morgan fingerprint density at radius 1 is 1.10 bits per heavy atom. The van der Waals surface area contributed by atoms with E-state index in [9.17, 15) is 5.11 Å². The van der Waals surface area contributed by atoms with Crippen LogP contribution in [0.1, 0.15) is 5.56 Å². The molecule has 0 aliphatic rings. The average molecular weight is 310 g/mol. The van der Waals surface area contributed by atoms with Crippen molar-refractivity contribution < 1.29 is 14.6 Å². The minimum Gasteiger partial charge on any atom is -0.506 e. The molecule has 0 bridgehead atoms. The van der Waals surface area contributed by atoms with Gasteiger partial charge in [0.15, 0.2) is 0 Å². The summed E-state index contributed by atoms with van der Waals surface area (Å²) in [5.41, 5.74) is 0.689. The van der Waals surface area contributed by atoms with Gasteiger partial charge in [-0.25, -0.2) is 0 Å². The van der Waals surface area contributed by atoms with Gasteiger partial charge in [0.05, 0.1) is 10.0 Å². The summed E-state index contributed by atoms with van der Waals surface area (Å²) in [5, 5.41) is 18.3. The van der Waals surface area contributed by atoms with Crippen LogP contribution < -0.4 is 9.47 Å². The summed E-state index contributed by atoms with van der Waals surface area (Å²) in [4.78, 5) is 0. The summed E-state index contributed by atoms with van der Waals surface area (Å²) in [6, 6.07) is 9.70. The van der Waals surface area contributed by atoms with E-state index in [0.29, 0.717) is 17.1 Å². The summed E-state index contributed by atoms with van der Waals surface area (Å²) in [6.45, 7) is 0.151. The molecule has 2 aromatic carbocycles. The lowest BCUT2D eigenvalue weighted by Gasteiger charge is -2.11. The Bertz CT molecular complexity index is 668. The Kier molecular flexibility index (Phi) is 4.57. The quantitative estimate of drug-likeness (QED) is 0.862. The van der Waals surface area contributed by atoms with Gasteiger partial charge in [0.2, 0.25) is 0 Å². The number of nitriles is 1. The fourth-order valence-electron chi connectivity index (χ4n) is 1.56. The third-order valence-corrected chi connectivity index (χ3v) is 3.11. The van der Waals surface area contributed by atoms with Crippen LogP contribution >= 0.6 is 23.2 Å². The molecule has 0 amide bonds. The lowest BCUT2D eigenvalue weighted by Crippen LogP contribution is -1.98. The molecule has 0 unspecified atom stereocenters. The van der Waals surface area contributed by atoms with Crippen LogP contribution in [0.3, 0.4) is 0 Å². The zero-order valence-electron chi connectivity index (χ0n) is 10.1. The second kappa shape index (κ2) is 6.38. The first-order valence-corrected chi connectivity index (χ1v) is 6.32. The second-order valence-electron chi connectivity index (χ2n) is 3.82. The Labute approximate surface area is 125 Å². The highest BCUT2D eigenvalue weighted by Gasteiger charge is 2.09. The third-order valence-electron chi connectivity index (χ3n) is 2.51. The number of aromatic hydroxyl groups is 1. The minimum absolute atomic E-state index is 0.114. The van der Waals surface area contributed by atoms with Gasteiger partial charge in [0, 0.05) is 17.7 Å². The largest absolute Gasteiger partial charge is 0.506 e. The van der Waals surface area contributed by atoms with Crippen molar-refractivity contribution in [1.82, 2.24) is 0 Å². The Morgan fingerprint density at radius 3 is 2.60 bits per heavy atom. The Morgan fingerprint density at radius 2 is 1.85 bits per heavy atom. The van der Waals surface area contributed by atoms with Gasteiger partial charge in [-0.15, -0.1) is 5.26 Å². The molecule has 0 saturated carbocycles. The summed E-state index contributed by atoms with van der Waals surface area (Å²) in [6.07, 6.45) is 1.61. The molecule has 6 heteroatoms. The number of halogens is 2. The molecule has 20 heavy (non-hydrogen) atoms. The van der Waals surface area contributed by atoms with E-state index in [0.717, 1.165) is 0 Å². The summed E-state index contributed by atoms with van der Waals surface area (Å²) in [5.74, 6) is 0.634. The molecule has 0 spiro atoms. The molecule has 0 atom stereocenters. The monoisotopic (exact) mass is 309 g/mol. The van der Waals surface area contributed by atoms with E-state index in [4.69, 9.17) is 37.9 Å². The van der Waals surface area contributed by atoms with E-state index in [-0.39, 0.29) is 22.4 Å². The zero-order chi connectivity index (χ0) is 14.5. The first-order chi connectivity index (χ1) is 9.61. The van der Waals surface area contributed by atoms with Crippen molar-refractivity contribution in [1.29, 1.82) is 5.26 Å². The van der Waals surface area contributed by atoms with Gasteiger partial charge < -0.3 is 14.6 Å². The van der Waals surface area contributed by atoms with Gasteiger partial charge in [-0.1, -0.05) is 41.4 Å². The van der Waals surface area contributed by atoms with Crippen LogP contribution in [0.4, 0.5) is 0 Å². The smallest absolute Gasteiger partial charge is 0.292 e. The number of phenols is 1. The van der Waals surface area contributed by atoms with Crippen molar-refractivity contribution >= 4 is 23.2 Å². The Balaban J connectivity index is 2.17. The molecule has 0 fully saturated rings. The van der Waals surface area contributed by atoms with Crippen LogP contribution in [0.15, 0.2) is 36.4 Å². The molecule has 0 aromatic heterocycles. The summed E-state index contributed by atoms with van der Waals surface area (Å²) < 4.78 is 10.4. The molecule has 0 aliphatic heterocycles. The number of hydrogen-bond acceptors (Lipinski definition) is 4. The predicted molar refractivity (Wildman–Crippen MR) is 75.1 cm³/mol. The lowest BCUT2D eigenvalue weighted by molar-refractivity contribution is 0.300. The first-order valence-electron chi connectivity index (χ1n) is 5.56. The molecular weight excluding hydrogens is 301 g/mol. The van der Waals surface area contributed by atoms with Crippen molar-refractivity contribution in [2.75, 3.05) is 0 Å². The van der Waals surface area contributed by atoms with Gasteiger partial charge in [-0.3, -0.25) is 0 Å². The predicted octanol–water partition coefficient (Wildman–Crippen LogP) is 4.14. The van der Waals surface area contributed by atoms with Crippen LogP contribution in [0.5, 0.6) is 17.2 Å². The second-order valence-corrected chi connectivity index (χ2v) is 4.64. The number of benzene rings is 2. The van der Waals surface area contributed by atoms with E-state index >= 15 is 0 Å². The SMILES string of the molecule is N#COc1ccccc1COc1cc(Cl)c(O)cc1Cl. The molecule has 0 aliphatic carbocycles. The number of phenolic OH excluding ortho intramolecular Hbond substituents is 1. The third kappa shape index (κ3) is 3.27. The van der Waals surface area contributed by atoms with E-state index in [1.165, 1.54) is 12.1 Å². The zero-order valence-corrected chi connectivity index (χ0v) is 11.6. The maximum Gasteiger partial charge on any atom is 0.292 e. The fourth-order valence-corrected chi connectivity index (χ4v) is 1.92. The molecule has 1 N–H and O–H groups in total. The van der Waals surface area contributed by atoms with Gasteiger partial charge in [-0.05, 0) is 6.07 Å². The van der Waals surface area contributed by atoms with Gasteiger partial charge in [0.25, 0.3) is 6.26 Å². The van der Waals surface area contributed by atoms with Gasteiger partial charge in [-0.2, -0.15) is 0 Å². The van der Waals surface area contributed by atoms with Crippen molar-refractivity contribution in [3.05, 3.63) is 52.0 Å². The van der Waals surface area contributed by atoms with Gasteiger partial charge >= 0.3 is 0 Å². The van der Waals surface area contributed by atoms with Crippen molar-refractivity contribution in [3.8, 4) is 23.5 Å². The van der Waals surface area contributed by atoms with Crippen LogP contribution in [0, 0.1) is 11.5 Å². The molecule has 0 saturated heterocycles. The maximum absolute atomic E-state index is 9.40. The number of hydrogen-bond donors (Lipinski definition) is 1. The molecule has 2 rings (SSSR count). The van der Waals surface area contributed by atoms with Crippen LogP contribution in [0.25, 0.3) is 0 Å². The fraction of sp³-hybridized carbons (Fsp3) is 0.0714.